The van der Waals surface area contributed by atoms with E-state index in [1.807, 2.05) is 22.7 Å². The van der Waals surface area contributed by atoms with Crippen LogP contribution in [0.5, 0.6) is 0 Å². The van der Waals surface area contributed by atoms with Gasteiger partial charge >= 0.3 is 0 Å². The molecule has 1 saturated carbocycles. The fourth-order valence-electron chi connectivity index (χ4n) is 4.75. The summed E-state index contributed by atoms with van der Waals surface area (Å²) in [5.74, 6) is 1.79. The Labute approximate surface area is 178 Å². The molecule has 2 aliphatic heterocycles. The zero-order valence-electron chi connectivity index (χ0n) is 18.0. The number of fused-ring (bicyclic) bond motifs is 1. The van der Waals surface area contributed by atoms with Crippen LogP contribution in [0.4, 0.5) is 0 Å². The van der Waals surface area contributed by atoms with Gasteiger partial charge in [0.2, 0.25) is 0 Å². The van der Waals surface area contributed by atoms with Crippen LogP contribution in [0.3, 0.4) is 0 Å². The molecule has 4 heterocycles. The van der Waals surface area contributed by atoms with Crippen molar-refractivity contribution >= 4 is 11.6 Å². The van der Waals surface area contributed by atoms with E-state index in [4.69, 9.17) is 0 Å². The van der Waals surface area contributed by atoms with Gasteiger partial charge in [0.05, 0.1) is 11.6 Å². The summed E-state index contributed by atoms with van der Waals surface area (Å²) in [6.45, 7) is 8.24. The summed E-state index contributed by atoms with van der Waals surface area (Å²) in [7, 11) is 2.16. The predicted octanol–water partition coefficient (Wildman–Crippen LogP) is 1.25. The average molecular weight is 412 g/mol. The van der Waals surface area contributed by atoms with Crippen LogP contribution >= 0.6 is 0 Å². The molecular formula is C22H33N7O. The summed E-state index contributed by atoms with van der Waals surface area (Å²) in [5.41, 5.74) is 1.46. The molecule has 1 atom stereocenters. The summed E-state index contributed by atoms with van der Waals surface area (Å²) in [4.78, 5) is 20.1. The lowest BCUT2D eigenvalue weighted by molar-refractivity contribution is 0.0869. The van der Waals surface area contributed by atoms with Gasteiger partial charge in [-0.15, -0.1) is 10.2 Å². The third kappa shape index (κ3) is 4.36. The standard InChI is InChI=1S/C22H33N7O/c1-26-12-13-28(14-17-4-5-17)16-19(26)21-25-24-20-7-6-18(15-29(20)21)22(30)23-8-11-27-9-2-3-10-27/h6-7,15,17,19H,2-5,8-14,16H2,1H3,(H,23,30). The van der Waals surface area contributed by atoms with Gasteiger partial charge in [-0.2, -0.15) is 0 Å². The number of piperazine rings is 1. The van der Waals surface area contributed by atoms with Crippen LogP contribution in [-0.4, -0.2) is 94.6 Å². The number of nitrogens with zero attached hydrogens (tertiary/aromatic N) is 6. The van der Waals surface area contributed by atoms with Gasteiger partial charge in [-0.25, -0.2) is 0 Å². The van der Waals surface area contributed by atoms with Crippen LogP contribution in [-0.2, 0) is 0 Å². The number of aromatic nitrogens is 3. The quantitative estimate of drug-likeness (QED) is 0.740. The molecular weight excluding hydrogens is 378 g/mol. The minimum Gasteiger partial charge on any atom is -0.351 e. The molecule has 162 valence electrons. The third-order valence-electron chi connectivity index (χ3n) is 6.85. The number of pyridine rings is 1. The maximum Gasteiger partial charge on any atom is 0.252 e. The molecule has 8 heteroatoms. The van der Waals surface area contributed by atoms with Crippen molar-refractivity contribution in [2.45, 2.75) is 31.7 Å². The van der Waals surface area contributed by atoms with Crippen molar-refractivity contribution in [3.8, 4) is 0 Å². The lowest BCUT2D eigenvalue weighted by atomic mass is 10.1. The number of hydrogen-bond acceptors (Lipinski definition) is 6. The molecule has 30 heavy (non-hydrogen) atoms. The number of nitrogens with one attached hydrogen (secondary N) is 1. The number of likely N-dealkylation sites (tertiary alicyclic amines) is 1. The molecule has 0 spiro atoms. The Morgan fingerprint density at radius 1 is 1.10 bits per heavy atom. The molecule has 1 aliphatic carbocycles. The zero-order chi connectivity index (χ0) is 20.5. The minimum absolute atomic E-state index is 0.0249. The second-order valence-electron chi connectivity index (χ2n) is 9.21. The van der Waals surface area contributed by atoms with Crippen molar-refractivity contribution in [3.63, 3.8) is 0 Å². The van der Waals surface area contributed by atoms with Crippen LogP contribution in [0.25, 0.3) is 5.65 Å². The molecule has 8 nitrogen and oxygen atoms in total. The van der Waals surface area contributed by atoms with Gasteiger partial charge in [-0.1, -0.05) is 0 Å². The Morgan fingerprint density at radius 2 is 1.93 bits per heavy atom. The van der Waals surface area contributed by atoms with Gasteiger partial charge in [0, 0.05) is 45.5 Å². The molecule has 2 saturated heterocycles. The molecule has 1 amide bonds. The first-order valence-corrected chi connectivity index (χ1v) is 11.5. The molecule has 3 fully saturated rings. The van der Waals surface area contributed by atoms with Crippen LogP contribution in [0.2, 0.25) is 0 Å². The number of amides is 1. The lowest BCUT2D eigenvalue weighted by Crippen LogP contribution is -2.47. The van der Waals surface area contributed by atoms with Gasteiger partial charge in [0.1, 0.15) is 0 Å². The molecule has 3 aliphatic rings. The van der Waals surface area contributed by atoms with Crippen molar-refractivity contribution < 1.29 is 4.79 Å². The number of carbonyl (C=O) groups is 1. The van der Waals surface area contributed by atoms with Gasteiger partial charge < -0.3 is 10.2 Å². The van der Waals surface area contributed by atoms with Gasteiger partial charge in [-0.3, -0.25) is 19.0 Å². The number of rotatable bonds is 7. The van der Waals surface area contributed by atoms with Crippen LogP contribution in [0.1, 0.15) is 47.9 Å². The van der Waals surface area contributed by atoms with E-state index in [1.165, 1.54) is 32.2 Å². The average Bonchev–Trinajstić information content (AvgIpc) is 3.24. The Bertz CT molecular complexity index is 887. The highest BCUT2D eigenvalue weighted by molar-refractivity contribution is 5.94. The molecule has 2 aromatic rings. The third-order valence-corrected chi connectivity index (χ3v) is 6.85. The van der Waals surface area contributed by atoms with E-state index in [0.717, 1.165) is 56.7 Å². The number of hydrogen-bond donors (Lipinski definition) is 1. The van der Waals surface area contributed by atoms with E-state index >= 15 is 0 Å². The first-order chi connectivity index (χ1) is 14.7. The lowest BCUT2D eigenvalue weighted by Gasteiger charge is -2.38. The molecule has 0 aromatic carbocycles. The van der Waals surface area contributed by atoms with E-state index in [-0.39, 0.29) is 11.9 Å². The van der Waals surface area contributed by atoms with E-state index < -0.39 is 0 Å². The Kier molecular flexibility index (Phi) is 5.71. The first-order valence-electron chi connectivity index (χ1n) is 11.5. The van der Waals surface area contributed by atoms with E-state index in [9.17, 15) is 4.79 Å². The monoisotopic (exact) mass is 411 g/mol. The second-order valence-corrected chi connectivity index (χ2v) is 9.21. The smallest absolute Gasteiger partial charge is 0.252 e. The SMILES string of the molecule is CN1CCN(CC2CC2)CC1c1nnc2ccc(C(=O)NCCN3CCCC3)cn12. The van der Waals surface area contributed by atoms with Gasteiger partial charge in [0.15, 0.2) is 11.5 Å². The van der Waals surface area contributed by atoms with Crippen molar-refractivity contribution in [1.29, 1.82) is 0 Å². The fourth-order valence-corrected chi connectivity index (χ4v) is 4.75. The highest BCUT2D eigenvalue weighted by atomic mass is 16.1. The maximum absolute atomic E-state index is 12.7. The number of likely N-dealkylation sites (N-methyl/N-ethyl adjacent to an activating group) is 1. The van der Waals surface area contributed by atoms with Crippen molar-refractivity contribution in [1.82, 2.24) is 34.6 Å². The summed E-state index contributed by atoms with van der Waals surface area (Å²) < 4.78 is 2.01. The summed E-state index contributed by atoms with van der Waals surface area (Å²) in [6, 6.07) is 3.94. The Hall–Kier alpha value is -2.03. The largest absolute Gasteiger partial charge is 0.351 e. The molecule has 0 bridgehead atoms. The predicted molar refractivity (Wildman–Crippen MR) is 116 cm³/mol. The van der Waals surface area contributed by atoms with Crippen LogP contribution in [0, 0.1) is 5.92 Å². The molecule has 5 rings (SSSR count). The van der Waals surface area contributed by atoms with E-state index in [1.54, 1.807) is 0 Å². The van der Waals surface area contributed by atoms with E-state index in [2.05, 4.69) is 37.3 Å². The van der Waals surface area contributed by atoms with Crippen LogP contribution in [0.15, 0.2) is 18.3 Å². The second kappa shape index (κ2) is 8.61. The van der Waals surface area contributed by atoms with Gasteiger partial charge in [-0.05, 0) is 63.9 Å². The van der Waals surface area contributed by atoms with Crippen LogP contribution < -0.4 is 5.32 Å². The Balaban J connectivity index is 1.29. The summed E-state index contributed by atoms with van der Waals surface area (Å²) >= 11 is 0. The maximum atomic E-state index is 12.7. The molecule has 2 aromatic heterocycles. The summed E-state index contributed by atoms with van der Waals surface area (Å²) in [5, 5.41) is 12.0. The summed E-state index contributed by atoms with van der Waals surface area (Å²) in [6.07, 6.45) is 7.20. The number of carbonyl (C=O) groups excluding carboxylic acids is 1. The van der Waals surface area contributed by atoms with E-state index in [0.29, 0.717) is 12.1 Å². The first kappa shape index (κ1) is 19.9. The minimum atomic E-state index is -0.0249. The van der Waals surface area contributed by atoms with Gasteiger partial charge in [0.25, 0.3) is 5.91 Å². The molecule has 0 radical (unpaired) electrons. The fraction of sp³-hybridized carbons (Fsp3) is 0.682. The topological polar surface area (TPSA) is 69.0 Å². The zero-order valence-corrected chi connectivity index (χ0v) is 18.0. The molecule has 1 N–H and O–H groups in total. The van der Waals surface area contributed by atoms with Crippen molar-refractivity contribution in [2.75, 3.05) is 59.4 Å². The Morgan fingerprint density at radius 3 is 2.73 bits per heavy atom. The van der Waals surface area contributed by atoms with Crippen molar-refractivity contribution in [3.05, 3.63) is 29.7 Å². The highest BCUT2D eigenvalue weighted by Crippen LogP contribution is 2.32. The highest BCUT2D eigenvalue weighted by Gasteiger charge is 2.32. The molecule has 1 unspecified atom stereocenters. The normalized spacial score (nSPS) is 24.0. The van der Waals surface area contributed by atoms with Crippen molar-refractivity contribution in [2.24, 2.45) is 5.92 Å².